The smallest absolute Gasteiger partial charge is 0.0794 e. The van der Waals surface area contributed by atoms with Gasteiger partial charge in [-0.3, -0.25) is 0 Å². The lowest BCUT2D eigenvalue weighted by Gasteiger charge is -2.29. The van der Waals surface area contributed by atoms with Gasteiger partial charge in [-0.15, -0.1) is 11.6 Å². The van der Waals surface area contributed by atoms with Crippen molar-refractivity contribution in [1.29, 1.82) is 0 Å². The Morgan fingerprint density at radius 1 is 0.867 bits per heavy atom. The zero-order valence-corrected chi connectivity index (χ0v) is 12.9. The van der Waals surface area contributed by atoms with Crippen molar-refractivity contribution >= 4 is 11.6 Å². The SMILES string of the molecule is CCCCCCC[N+](C)(C)CCCCl.[Br-]. The summed E-state index contributed by atoms with van der Waals surface area (Å²) in [5.41, 5.74) is 0. The van der Waals surface area contributed by atoms with Gasteiger partial charge in [-0.05, 0) is 12.8 Å². The quantitative estimate of drug-likeness (QED) is 0.333. The molecule has 0 aromatic heterocycles. The predicted octanol–water partition coefficient (Wildman–Crippen LogP) is 0.666. The maximum atomic E-state index is 5.70. The predicted molar refractivity (Wildman–Crippen MR) is 65.9 cm³/mol. The van der Waals surface area contributed by atoms with Gasteiger partial charge in [-0.25, -0.2) is 0 Å². The van der Waals surface area contributed by atoms with Crippen LogP contribution in [0.15, 0.2) is 0 Å². The van der Waals surface area contributed by atoms with Crippen LogP contribution in [0.5, 0.6) is 0 Å². The summed E-state index contributed by atoms with van der Waals surface area (Å²) in [7, 11) is 4.62. The molecule has 0 spiro atoms. The molecular formula is C12H27BrClN. The molecule has 3 heteroatoms. The van der Waals surface area contributed by atoms with Crippen LogP contribution in [0.2, 0.25) is 0 Å². The number of alkyl halides is 1. The fourth-order valence-electron chi connectivity index (χ4n) is 1.74. The van der Waals surface area contributed by atoms with Gasteiger partial charge in [0.25, 0.3) is 0 Å². The second kappa shape index (κ2) is 11.2. The molecule has 0 unspecified atom stereocenters. The normalized spacial score (nSPS) is 11.2. The molecule has 0 fully saturated rings. The van der Waals surface area contributed by atoms with Gasteiger partial charge in [0.05, 0.1) is 27.2 Å². The Kier molecular flexibility index (Phi) is 13.5. The van der Waals surface area contributed by atoms with Crippen molar-refractivity contribution in [2.24, 2.45) is 0 Å². The van der Waals surface area contributed by atoms with Crippen molar-refractivity contribution in [3.8, 4) is 0 Å². The highest BCUT2D eigenvalue weighted by Crippen LogP contribution is 2.07. The number of unbranched alkanes of at least 4 members (excludes halogenated alkanes) is 4. The third-order valence-electron chi connectivity index (χ3n) is 2.76. The molecule has 0 rings (SSSR count). The molecule has 94 valence electrons. The number of quaternary nitrogens is 1. The highest BCUT2D eigenvalue weighted by atomic mass is 79.9. The first-order valence-corrected chi connectivity index (χ1v) is 6.54. The van der Waals surface area contributed by atoms with E-state index in [0.29, 0.717) is 0 Å². The summed E-state index contributed by atoms with van der Waals surface area (Å²) in [6.45, 7) is 4.79. The average molecular weight is 301 g/mol. The minimum atomic E-state index is 0. The molecule has 0 radical (unpaired) electrons. The second-order valence-corrected chi connectivity index (χ2v) is 5.22. The lowest BCUT2D eigenvalue weighted by Crippen LogP contribution is -3.00. The molecule has 0 N–H and O–H groups in total. The van der Waals surface area contributed by atoms with E-state index in [1.807, 2.05) is 0 Å². The fraction of sp³-hybridized carbons (Fsp3) is 1.00. The van der Waals surface area contributed by atoms with Gasteiger partial charge in [0, 0.05) is 12.3 Å². The molecule has 15 heavy (non-hydrogen) atoms. The summed E-state index contributed by atoms with van der Waals surface area (Å²) >= 11 is 5.70. The monoisotopic (exact) mass is 299 g/mol. The van der Waals surface area contributed by atoms with Gasteiger partial charge >= 0.3 is 0 Å². The molecule has 0 aliphatic heterocycles. The Morgan fingerprint density at radius 3 is 1.93 bits per heavy atom. The molecule has 0 aromatic carbocycles. The lowest BCUT2D eigenvalue weighted by molar-refractivity contribution is -0.890. The van der Waals surface area contributed by atoms with Crippen LogP contribution < -0.4 is 17.0 Å². The van der Waals surface area contributed by atoms with E-state index in [4.69, 9.17) is 11.6 Å². The molecule has 1 nitrogen and oxygen atoms in total. The molecule has 0 atom stereocenters. The molecule has 0 saturated carbocycles. The fourth-order valence-corrected chi connectivity index (χ4v) is 1.86. The van der Waals surface area contributed by atoms with Crippen LogP contribution in [-0.2, 0) is 0 Å². The first-order chi connectivity index (χ1) is 6.62. The number of rotatable bonds is 9. The van der Waals surface area contributed by atoms with Gasteiger partial charge in [0.15, 0.2) is 0 Å². The van der Waals surface area contributed by atoms with Crippen LogP contribution in [0.4, 0.5) is 0 Å². The van der Waals surface area contributed by atoms with Crippen molar-refractivity contribution in [3.63, 3.8) is 0 Å². The topological polar surface area (TPSA) is 0 Å². The summed E-state index contributed by atoms with van der Waals surface area (Å²) in [6, 6.07) is 0. The van der Waals surface area contributed by atoms with Gasteiger partial charge < -0.3 is 21.5 Å². The molecule has 0 aliphatic rings. The van der Waals surface area contributed by atoms with E-state index in [-0.39, 0.29) is 17.0 Å². The number of nitrogens with zero attached hydrogens (tertiary/aromatic N) is 1. The molecule has 0 aliphatic carbocycles. The third kappa shape index (κ3) is 12.7. The summed E-state index contributed by atoms with van der Waals surface area (Å²) < 4.78 is 1.14. The zero-order chi connectivity index (χ0) is 10.9. The number of hydrogen-bond donors (Lipinski definition) is 0. The first-order valence-electron chi connectivity index (χ1n) is 6.00. The number of hydrogen-bond acceptors (Lipinski definition) is 0. The van der Waals surface area contributed by atoms with Crippen molar-refractivity contribution in [3.05, 3.63) is 0 Å². The van der Waals surface area contributed by atoms with E-state index in [0.717, 1.165) is 16.8 Å². The van der Waals surface area contributed by atoms with Gasteiger partial charge in [-0.2, -0.15) is 0 Å². The molecular weight excluding hydrogens is 273 g/mol. The minimum Gasteiger partial charge on any atom is -1.00 e. The van der Waals surface area contributed by atoms with Crippen molar-refractivity contribution in [2.75, 3.05) is 33.1 Å². The first kappa shape index (κ1) is 18.1. The number of halogens is 2. The second-order valence-electron chi connectivity index (χ2n) is 4.84. The van der Waals surface area contributed by atoms with Crippen LogP contribution in [0.1, 0.15) is 45.4 Å². The Bertz CT molecular complexity index is 129. The van der Waals surface area contributed by atoms with Crippen molar-refractivity contribution < 1.29 is 21.5 Å². The Labute approximate surface area is 112 Å². The standard InChI is InChI=1S/C12H27ClN.BrH/c1-4-5-6-7-8-11-14(2,3)12-9-10-13;/h4-12H2,1-3H3;1H/q+1;/p-1. The molecule has 0 heterocycles. The molecule has 0 bridgehead atoms. The third-order valence-corrected chi connectivity index (χ3v) is 3.03. The Morgan fingerprint density at radius 2 is 1.40 bits per heavy atom. The largest absolute Gasteiger partial charge is 1.00 e. The maximum absolute atomic E-state index is 5.70. The maximum Gasteiger partial charge on any atom is 0.0794 e. The highest BCUT2D eigenvalue weighted by molar-refractivity contribution is 6.17. The van der Waals surface area contributed by atoms with Crippen LogP contribution in [0, 0.1) is 0 Å². The Balaban J connectivity index is 0. The average Bonchev–Trinajstić information content (AvgIpc) is 2.15. The van der Waals surface area contributed by atoms with Crippen LogP contribution in [0.3, 0.4) is 0 Å². The van der Waals surface area contributed by atoms with E-state index in [1.54, 1.807) is 0 Å². The highest BCUT2D eigenvalue weighted by Gasteiger charge is 2.12. The van der Waals surface area contributed by atoms with Gasteiger partial charge in [0.2, 0.25) is 0 Å². The minimum absolute atomic E-state index is 0. The lowest BCUT2D eigenvalue weighted by atomic mass is 10.1. The summed E-state index contributed by atoms with van der Waals surface area (Å²) in [6.07, 6.45) is 8.06. The molecule has 0 aromatic rings. The van der Waals surface area contributed by atoms with E-state index in [9.17, 15) is 0 Å². The summed E-state index contributed by atoms with van der Waals surface area (Å²) in [4.78, 5) is 0. The van der Waals surface area contributed by atoms with Gasteiger partial charge in [0.1, 0.15) is 0 Å². The van der Waals surface area contributed by atoms with E-state index in [2.05, 4.69) is 21.0 Å². The van der Waals surface area contributed by atoms with Crippen LogP contribution >= 0.6 is 11.6 Å². The summed E-state index contributed by atoms with van der Waals surface area (Å²) in [5, 5.41) is 0. The van der Waals surface area contributed by atoms with Crippen LogP contribution in [0.25, 0.3) is 0 Å². The van der Waals surface area contributed by atoms with E-state index in [1.165, 1.54) is 45.2 Å². The molecule has 0 saturated heterocycles. The van der Waals surface area contributed by atoms with E-state index < -0.39 is 0 Å². The van der Waals surface area contributed by atoms with Gasteiger partial charge in [-0.1, -0.05) is 26.2 Å². The summed E-state index contributed by atoms with van der Waals surface area (Å²) in [5.74, 6) is 0.803. The Hall–Kier alpha value is 0.730. The van der Waals surface area contributed by atoms with Crippen LogP contribution in [-0.4, -0.2) is 37.5 Å². The zero-order valence-electron chi connectivity index (χ0n) is 10.6. The molecule has 0 amide bonds. The van der Waals surface area contributed by atoms with E-state index >= 15 is 0 Å². The van der Waals surface area contributed by atoms with Crippen molar-refractivity contribution in [2.45, 2.75) is 45.4 Å². The van der Waals surface area contributed by atoms with Crippen molar-refractivity contribution in [1.82, 2.24) is 0 Å².